The predicted molar refractivity (Wildman–Crippen MR) is 76.0 cm³/mol. The van der Waals surface area contributed by atoms with E-state index in [-0.39, 0.29) is 5.91 Å². The number of ether oxygens (including phenoxy) is 2. The number of nitrogens with one attached hydrogen (secondary N) is 1. The Morgan fingerprint density at radius 2 is 1.90 bits per heavy atom. The van der Waals surface area contributed by atoms with Crippen molar-refractivity contribution in [3.05, 3.63) is 24.3 Å². The maximum atomic E-state index is 11.7. The van der Waals surface area contributed by atoms with Crippen LogP contribution in [0.2, 0.25) is 0 Å². The van der Waals surface area contributed by atoms with Crippen LogP contribution in [-0.4, -0.2) is 38.8 Å². The van der Waals surface area contributed by atoms with E-state index in [0.29, 0.717) is 19.7 Å². The van der Waals surface area contributed by atoms with Gasteiger partial charge in [-0.2, -0.15) is 0 Å². The molecule has 0 aromatic heterocycles. The molecule has 0 aliphatic rings. The molecule has 0 radical (unpaired) electrons. The quantitative estimate of drug-likeness (QED) is 0.862. The average molecular weight is 280 g/mol. The second-order valence-corrected chi connectivity index (χ2v) is 4.02. The Kier molecular flexibility index (Phi) is 6.36. The van der Waals surface area contributed by atoms with Crippen molar-refractivity contribution in [1.29, 1.82) is 0 Å². The molecule has 6 heteroatoms. The summed E-state index contributed by atoms with van der Waals surface area (Å²) in [4.78, 5) is 24.2. The first-order valence-electron chi connectivity index (χ1n) is 6.41. The minimum absolute atomic E-state index is 0.0965. The van der Waals surface area contributed by atoms with Gasteiger partial charge in [0, 0.05) is 25.7 Å². The van der Waals surface area contributed by atoms with Gasteiger partial charge < -0.3 is 19.7 Å². The van der Waals surface area contributed by atoms with E-state index in [0.717, 1.165) is 11.4 Å². The van der Waals surface area contributed by atoms with E-state index in [4.69, 9.17) is 4.74 Å². The number of hydrogen-bond donors (Lipinski definition) is 1. The lowest BCUT2D eigenvalue weighted by molar-refractivity contribution is -0.116. The highest BCUT2D eigenvalue weighted by Crippen LogP contribution is 2.19. The highest BCUT2D eigenvalue weighted by molar-refractivity contribution is 5.91. The first-order chi connectivity index (χ1) is 9.58. The molecular formula is C14H20N2O4. The smallest absolute Gasteiger partial charge is 0.406 e. The van der Waals surface area contributed by atoms with Crippen molar-refractivity contribution in [2.24, 2.45) is 0 Å². The first-order valence-corrected chi connectivity index (χ1v) is 6.41. The molecule has 6 nitrogen and oxygen atoms in total. The van der Waals surface area contributed by atoms with E-state index < -0.39 is 6.09 Å². The fourth-order valence-electron chi connectivity index (χ4n) is 1.70. The van der Waals surface area contributed by atoms with Crippen LogP contribution in [0.3, 0.4) is 0 Å². The van der Waals surface area contributed by atoms with E-state index in [2.05, 4.69) is 10.1 Å². The molecule has 0 unspecified atom stereocenters. The fourth-order valence-corrected chi connectivity index (χ4v) is 1.70. The number of anilines is 1. The number of hydrogen-bond acceptors (Lipinski definition) is 4. The van der Waals surface area contributed by atoms with Gasteiger partial charge in [0.15, 0.2) is 0 Å². The van der Waals surface area contributed by atoms with Gasteiger partial charge in [-0.05, 0) is 31.2 Å². The highest BCUT2D eigenvalue weighted by Gasteiger charge is 2.11. The summed E-state index contributed by atoms with van der Waals surface area (Å²) in [6.07, 6.45) is -0.514. The zero-order valence-corrected chi connectivity index (χ0v) is 12.0. The first kappa shape index (κ1) is 15.8. The minimum Gasteiger partial charge on any atom is -0.494 e. The molecule has 1 N–H and O–H groups in total. The third-order valence-electron chi connectivity index (χ3n) is 2.63. The predicted octanol–water partition coefficient (Wildman–Crippen LogP) is 1.79. The van der Waals surface area contributed by atoms with Crippen LogP contribution < -0.4 is 15.0 Å². The van der Waals surface area contributed by atoms with Gasteiger partial charge in [-0.25, -0.2) is 4.79 Å². The molecule has 0 saturated carbocycles. The zero-order valence-electron chi connectivity index (χ0n) is 12.0. The van der Waals surface area contributed by atoms with E-state index in [9.17, 15) is 9.59 Å². The standard InChI is InChI=1S/C14H20N2O4/c1-4-20-13-7-5-12(6-8-13)16(11(2)17)10-9-15-14(18)19-3/h5-8H,4,9-10H2,1-3H3,(H,15,18). The normalized spacial score (nSPS) is 9.75. The van der Waals surface area contributed by atoms with Crippen LogP contribution in [0.25, 0.3) is 0 Å². The van der Waals surface area contributed by atoms with Crippen LogP contribution in [0.5, 0.6) is 5.75 Å². The van der Waals surface area contributed by atoms with Gasteiger partial charge in [-0.1, -0.05) is 0 Å². The Labute approximate surface area is 118 Å². The third-order valence-corrected chi connectivity index (χ3v) is 2.63. The summed E-state index contributed by atoms with van der Waals surface area (Å²) in [6.45, 7) is 4.68. The van der Waals surface area contributed by atoms with Crippen LogP contribution in [0.4, 0.5) is 10.5 Å². The molecule has 110 valence electrons. The van der Waals surface area contributed by atoms with Crippen molar-refractivity contribution in [3.63, 3.8) is 0 Å². The number of rotatable bonds is 6. The van der Waals surface area contributed by atoms with E-state index >= 15 is 0 Å². The van der Waals surface area contributed by atoms with Gasteiger partial charge in [0.05, 0.1) is 13.7 Å². The zero-order chi connectivity index (χ0) is 15.0. The van der Waals surface area contributed by atoms with Gasteiger partial charge in [-0.15, -0.1) is 0 Å². The minimum atomic E-state index is -0.514. The molecule has 0 bridgehead atoms. The van der Waals surface area contributed by atoms with E-state index in [1.165, 1.54) is 14.0 Å². The number of benzene rings is 1. The maximum absolute atomic E-state index is 11.7. The van der Waals surface area contributed by atoms with E-state index in [1.807, 2.05) is 31.2 Å². The molecule has 0 saturated heterocycles. The third kappa shape index (κ3) is 4.79. The molecule has 1 aromatic rings. The fraction of sp³-hybridized carbons (Fsp3) is 0.429. The Morgan fingerprint density at radius 3 is 2.40 bits per heavy atom. The summed E-state index contributed by atoms with van der Waals surface area (Å²) in [6, 6.07) is 7.24. The largest absolute Gasteiger partial charge is 0.494 e. The lowest BCUT2D eigenvalue weighted by atomic mass is 10.2. The van der Waals surface area contributed by atoms with Crippen molar-refractivity contribution in [3.8, 4) is 5.75 Å². The van der Waals surface area contributed by atoms with Gasteiger partial charge in [0.25, 0.3) is 0 Å². The summed E-state index contributed by atoms with van der Waals surface area (Å²) < 4.78 is 9.82. The Morgan fingerprint density at radius 1 is 1.25 bits per heavy atom. The Hall–Kier alpha value is -2.24. The number of carbonyl (C=O) groups is 2. The number of alkyl carbamates (subject to hydrolysis) is 1. The molecule has 20 heavy (non-hydrogen) atoms. The van der Waals surface area contributed by atoms with Gasteiger partial charge in [0.1, 0.15) is 5.75 Å². The molecule has 1 aromatic carbocycles. The van der Waals surface area contributed by atoms with Crippen LogP contribution in [-0.2, 0) is 9.53 Å². The molecule has 0 spiro atoms. The number of methoxy groups -OCH3 is 1. The second-order valence-electron chi connectivity index (χ2n) is 4.02. The summed E-state index contributed by atoms with van der Waals surface area (Å²) in [5.74, 6) is 0.660. The van der Waals surface area contributed by atoms with Crippen molar-refractivity contribution in [2.45, 2.75) is 13.8 Å². The molecular weight excluding hydrogens is 260 g/mol. The number of nitrogens with zero attached hydrogens (tertiary/aromatic N) is 1. The molecule has 1 rings (SSSR count). The van der Waals surface area contributed by atoms with E-state index in [1.54, 1.807) is 4.90 Å². The molecule has 0 aliphatic heterocycles. The molecule has 0 atom stereocenters. The number of amides is 2. The lowest BCUT2D eigenvalue weighted by Crippen LogP contribution is -2.37. The number of carbonyl (C=O) groups excluding carboxylic acids is 2. The van der Waals surface area contributed by atoms with Gasteiger partial charge in [0.2, 0.25) is 5.91 Å². The molecule has 0 heterocycles. The van der Waals surface area contributed by atoms with Crippen molar-refractivity contribution in [2.75, 3.05) is 31.7 Å². The topological polar surface area (TPSA) is 67.9 Å². The summed E-state index contributed by atoms with van der Waals surface area (Å²) in [7, 11) is 1.30. The molecule has 2 amide bonds. The maximum Gasteiger partial charge on any atom is 0.406 e. The van der Waals surface area contributed by atoms with Crippen LogP contribution >= 0.6 is 0 Å². The van der Waals surface area contributed by atoms with Gasteiger partial charge in [-0.3, -0.25) is 4.79 Å². The average Bonchev–Trinajstić information content (AvgIpc) is 2.44. The summed E-state index contributed by atoms with van der Waals surface area (Å²) in [5, 5.41) is 2.54. The highest BCUT2D eigenvalue weighted by atomic mass is 16.5. The Balaban J connectivity index is 2.65. The SMILES string of the molecule is CCOc1ccc(N(CCNC(=O)OC)C(C)=O)cc1. The summed E-state index contributed by atoms with van der Waals surface area (Å²) in [5.41, 5.74) is 0.757. The van der Waals surface area contributed by atoms with Crippen molar-refractivity contribution < 1.29 is 19.1 Å². The van der Waals surface area contributed by atoms with Crippen LogP contribution in [0.15, 0.2) is 24.3 Å². The molecule has 0 fully saturated rings. The molecule has 0 aliphatic carbocycles. The van der Waals surface area contributed by atoms with Crippen LogP contribution in [0, 0.1) is 0 Å². The van der Waals surface area contributed by atoms with Crippen molar-refractivity contribution >= 4 is 17.7 Å². The van der Waals surface area contributed by atoms with Gasteiger partial charge >= 0.3 is 6.09 Å². The van der Waals surface area contributed by atoms with Crippen LogP contribution in [0.1, 0.15) is 13.8 Å². The summed E-state index contributed by atoms with van der Waals surface area (Å²) >= 11 is 0. The lowest BCUT2D eigenvalue weighted by Gasteiger charge is -2.21. The second kappa shape index (κ2) is 8.04. The van der Waals surface area contributed by atoms with Crippen molar-refractivity contribution in [1.82, 2.24) is 5.32 Å². The Bertz CT molecular complexity index is 445. The monoisotopic (exact) mass is 280 g/mol.